The van der Waals surface area contributed by atoms with Gasteiger partial charge in [-0.15, -0.1) is 0 Å². The molecule has 1 aromatic heterocycles. The Hall–Kier alpha value is -2.19. The van der Waals surface area contributed by atoms with Gasteiger partial charge in [0.15, 0.2) is 0 Å². The van der Waals surface area contributed by atoms with Crippen molar-refractivity contribution in [3.8, 4) is 0 Å². The molecule has 1 aliphatic heterocycles. The number of rotatable bonds is 4. The molecular formula is C16H23N3O5. The molecule has 24 heavy (non-hydrogen) atoms. The fraction of sp³-hybridized carbons (Fsp3) is 0.562. The molecule has 1 aromatic rings. The fourth-order valence-corrected chi connectivity index (χ4v) is 2.74. The molecule has 2 rings (SSSR count). The third-order valence-electron chi connectivity index (χ3n) is 4.30. The average Bonchev–Trinajstić information content (AvgIpc) is 2.54. The van der Waals surface area contributed by atoms with Crippen molar-refractivity contribution in [1.29, 1.82) is 0 Å². The second-order valence-electron chi connectivity index (χ2n) is 6.24. The number of amides is 1. The van der Waals surface area contributed by atoms with Gasteiger partial charge >= 0.3 is 5.97 Å². The molecule has 8 heteroatoms. The molecule has 1 saturated heterocycles. The summed E-state index contributed by atoms with van der Waals surface area (Å²) in [5.41, 5.74) is 4.62. The molecule has 0 saturated carbocycles. The van der Waals surface area contributed by atoms with E-state index in [0.717, 1.165) is 0 Å². The Morgan fingerprint density at radius 3 is 2.50 bits per heavy atom. The summed E-state index contributed by atoms with van der Waals surface area (Å²) in [6.07, 6.45) is 2.92. The Balaban J connectivity index is 2.42. The molecule has 2 heterocycles. The Labute approximate surface area is 139 Å². The molecule has 2 atom stereocenters. The standard InChI is InChI=1S/C16H23N3O5/c1-9(2)19-6-10(14(20)11(7-19)16(22)23)15(21)18-5-4-12(17)13(8-18)24-3/h6-7,9,12-13H,4-5,8,17H2,1-3H3,(H,22,23)/t12-,13+/m1/s1. The van der Waals surface area contributed by atoms with Crippen LogP contribution in [0.1, 0.15) is 47.0 Å². The van der Waals surface area contributed by atoms with E-state index in [9.17, 15) is 19.5 Å². The first kappa shape index (κ1) is 18.2. The lowest BCUT2D eigenvalue weighted by atomic mass is 10.0. The number of hydrogen-bond acceptors (Lipinski definition) is 5. The van der Waals surface area contributed by atoms with Crippen LogP contribution in [-0.4, -0.2) is 58.8 Å². The van der Waals surface area contributed by atoms with Gasteiger partial charge in [0, 0.05) is 44.7 Å². The summed E-state index contributed by atoms with van der Waals surface area (Å²) in [7, 11) is 1.52. The van der Waals surface area contributed by atoms with Gasteiger partial charge in [-0.05, 0) is 20.3 Å². The topological polar surface area (TPSA) is 115 Å². The van der Waals surface area contributed by atoms with Crippen LogP contribution in [0.4, 0.5) is 0 Å². The zero-order chi connectivity index (χ0) is 18.0. The van der Waals surface area contributed by atoms with E-state index in [2.05, 4.69) is 0 Å². The SMILES string of the molecule is CO[C@H]1CN(C(=O)c2cn(C(C)C)cc(C(=O)O)c2=O)CC[C@H]1N. The number of methoxy groups -OCH3 is 1. The number of nitrogens with zero attached hydrogens (tertiary/aromatic N) is 2. The van der Waals surface area contributed by atoms with Gasteiger partial charge in [-0.25, -0.2) is 4.79 Å². The Kier molecular flexibility index (Phi) is 5.40. The predicted octanol–water partition coefficient (Wildman–Crippen LogP) is 0.316. The summed E-state index contributed by atoms with van der Waals surface area (Å²) in [5, 5.41) is 9.23. The van der Waals surface area contributed by atoms with E-state index in [0.29, 0.717) is 13.0 Å². The number of nitrogens with two attached hydrogens (primary N) is 1. The van der Waals surface area contributed by atoms with Crippen LogP contribution in [0.25, 0.3) is 0 Å². The Bertz CT molecular complexity index is 697. The second kappa shape index (κ2) is 7.14. The van der Waals surface area contributed by atoms with Crippen LogP contribution in [0.5, 0.6) is 0 Å². The monoisotopic (exact) mass is 337 g/mol. The van der Waals surface area contributed by atoms with Crippen LogP contribution in [-0.2, 0) is 4.74 Å². The van der Waals surface area contributed by atoms with Gasteiger partial charge in [0.1, 0.15) is 11.1 Å². The van der Waals surface area contributed by atoms with Crippen molar-refractivity contribution in [2.24, 2.45) is 5.73 Å². The number of pyridine rings is 1. The summed E-state index contributed by atoms with van der Waals surface area (Å²) in [4.78, 5) is 38.0. The highest BCUT2D eigenvalue weighted by Crippen LogP contribution is 2.15. The van der Waals surface area contributed by atoms with Crippen molar-refractivity contribution in [3.05, 3.63) is 33.7 Å². The van der Waals surface area contributed by atoms with Crippen molar-refractivity contribution >= 4 is 11.9 Å². The summed E-state index contributed by atoms with van der Waals surface area (Å²) >= 11 is 0. The fourth-order valence-electron chi connectivity index (χ4n) is 2.74. The molecule has 0 radical (unpaired) electrons. The van der Waals surface area contributed by atoms with Crippen molar-refractivity contribution < 1.29 is 19.4 Å². The number of carboxylic acid groups (broad SMARTS) is 1. The minimum Gasteiger partial charge on any atom is -0.477 e. The van der Waals surface area contributed by atoms with E-state index in [1.807, 2.05) is 13.8 Å². The van der Waals surface area contributed by atoms with E-state index in [-0.39, 0.29) is 30.3 Å². The van der Waals surface area contributed by atoms with Gasteiger partial charge in [-0.1, -0.05) is 0 Å². The lowest BCUT2D eigenvalue weighted by Gasteiger charge is -2.36. The van der Waals surface area contributed by atoms with Crippen molar-refractivity contribution in [1.82, 2.24) is 9.47 Å². The highest BCUT2D eigenvalue weighted by molar-refractivity contribution is 5.97. The first-order chi connectivity index (χ1) is 11.3. The van der Waals surface area contributed by atoms with Gasteiger partial charge in [0.05, 0.1) is 6.10 Å². The number of carbonyl (C=O) groups excluding carboxylic acids is 1. The first-order valence-electron chi connectivity index (χ1n) is 7.83. The Morgan fingerprint density at radius 1 is 1.33 bits per heavy atom. The number of likely N-dealkylation sites (tertiary alicyclic amines) is 1. The maximum Gasteiger partial charge on any atom is 0.341 e. The molecule has 0 spiro atoms. The van der Waals surface area contributed by atoms with Crippen LogP contribution in [0.3, 0.4) is 0 Å². The quantitative estimate of drug-likeness (QED) is 0.817. The maximum atomic E-state index is 12.8. The highest BCUT2D eigenvalue weighted by atomic mass is 16.5. The van der Waals surface area contributed by atoms with Crippen molar-refractivity contribution in [2.75, 3.05) is 20.2 Å². The second-order valence-corrected chi connectivity index (χ2v) is 6.24. The van der Waals surface area contributed by atoms with Gasteiger partial charge in [0.25, 0.3) is 5.91 Å². The highest BCUT2D eigenvalue weighted by Gasteiger charge is 2.31. The van der Waals surface area contributed by atoms with E-state index < -0.39 is 22.9 Å². The predicted molar refractivity (Wildman–Crippen MR) is 87.3 cm³/mol. The third kappa shape index (κ3) is 3.49. The number of carbonyl (C=O) groups is 2. The van der Waals surface area contributed by atoms with E-state index in [4.69, 9.17) is 10.5 Å². The number of ether oxygens (including phenoxy) is 1. The molecule has 1 amide bonds. The van der Waals surface area contributed by atoms with Crippen LogP contribution in [0.2, 0.25) is 0 Å². The third-order valence-corrected chi connectivity index (χ3v) is 4.30. The number of aromatic nitrogens is 1. The number of carboxylic acids is 1. The summed E-state index contributed by atoms with van der Waals surface area (Å²) in [6, 6.07) is -0.256. The van der Waals surface area contributed by atoms with Crippen LogP contribution in [0.15, 0.2) is 17.2 Å². The largest absolute Gasteiger partial charge is 0.477 e. The maximum absolute atomic E-state index is 12.8. The molecule has 0 unspecified atom stereocenters. The van der Waals surface area contributed by atoms with Crippen molar-refractivity contribution in [3.63, 3.8) is 0 Å². The molecular weight excluding hydrogens is 314 g/mol. The van der Waals surface area contributed by atoms with Crippen LogP contribution in [0, 0.1) is 0 Å². The van der Waals surface area contributed by atoms with Gasteiger partial charge in [-0.3, -0.25) is 9.59 Å². The molecule has 8 nitrogen and oxygen atoms in total. The van der Waals surface area contributed by atoms with E-state index in [1.165, 1.54) is 24.4 Å². The summed E-state index contributed by atoms with van der Waals surface area (Å²) < 4.78 is 6.83. The normalized spacial score (nSPS) is 21.1. The number of aromatic carboxylic acids is 1. The zero-order valence-electron chi connectivity index (χ0n) is 14.1. The van der Waals surface area contributed by atoms with Gasteiger partial charge in [-0.2, -0.15) is 0 Å². The summed E-state index contributed by atoms with van der Waals surface area (Å²) in [6.45, 7) is 4.35. The molecule has 0 aromatic carbocycles. The average molecular weight is 337 g/mol. The lowest BCUT2D eigenvalue weighted by Crippen LogP contribution is -2.53. The molecule has 0 aliphatic carbocycles. The minimum absolute atomic E-state index is 0.0863. The number of hydrogen-bond donors (Lipinski definition) is 2. The molecule has 0 bridgehead atoms. The number of piperidine rings is 1. The smallest absolute Gasteiger partial charge is 0.341 e. The van der Waals surface area contributed by atoms with Gasteiger partial charge < -0.3 is 25.0 Å². The van der Waals surface area contributed by atoms with E-state index in [1.54, 1.807) is 4.57 Å². The van der Waals surface area contributed by atoms with Crippen LogP contribution >= 0.6 is 0 Å². The molecule has 1 aliphatic rings. The first-order valence-corrected chi connectivity index (χ1v) is 7.83. The summed E-state index contributed by atoms with van der Waals surface area (Å²) in [5.74, 6) is -1.84. The zero-order valence-corrected chi connectivity index (χ0v) is 14.1. The van der Waals surface area contributed by atoms with E-state index >= 15 is 0 Å². The lowest BCUT2D eigenvalue weighted by molar-refractivity contribution is 0.0161. The van der Waals surface area contributed by atoms with Gasteiger partial charge in [0.2, 0.25) is 5.43 Å². The van der Waals surface area contributed by atoms with Crippen LogP contribution < -0.4 is 11.2 Å². The molecule has 1 fully saturated rings. The van der Waals surface area contributed by atoms with Crippen molar-refractivity contribution in [2.45, 2.75) is 38.5 Å². The Morgan fingerprint density at radius 2 is 1.96 bits per heavy atom. The minimum atomic E-state index is -1.35. The molecule has 132 valence electrons. The molecule has 3 N–H and O–H groups in total.